The molecule has 1 amide bonds. The number of carbonyl (C=O) groups excluding carboxylic acids is 1. The quantitative estimate of drug-likeness (QED) is 0.626. The Balaban J connectivity index is 2.62. The third kappa shape index (κ3) is 4.32. The minimum Gasteiger partial charge on any atom is -0.267 e. The lowest BCUT2D eigenvalue weighted by Crippen LogP contribution is -2.19. The van der Waals surface area contributed by atoms with Crippen LogP contribution in [0.3, 0.4) is 0 Å². The van der Waals surface area contributed by atoms with Crippen molar-refractivity contribution in [2.24, 2.45) is 5.10 Å². The summed E-state index contributed by atoms with van der Waals surface area (Å²) in [6.07, 6.45) is 3.18. The van der Waals surface area contributed by atoms with Crippen molar-refractivity contribution in [1.29, 1.82) is 0 Å². The lowest BCUT2D eigenvalue weighted by molar-refractivity contribution is 0.0954. The molecule has 0 aromatic heterocycles. The van der Waals surface area contributed by atoms with Crippen molar-refractivity contribution in [3.63, 3.8) is 0 Å². The first-order valence-electron chi connectivity index (χ1n) is 6.45. The number of unbranched alkanes of at least 4 members (excludes halogenated alkanes) is 1. The van der Waals surface area contributed by atoms with Crippen LogP contribution in [-0.4, -0.2) is 11.6 Å². The Morgan fingerprint density at radius 3 is 2.61 bits per heavy atom. The van der Waals surface area contributed by atoms with E-state index >= 15 is 0 Å². The number of nitrogens with one attached hydrogen (secondary N) is 1. The van der Waals surface area contributed by atoms with Gasteiger partial charge in [-0.1, -0.05) is 19.4 Å². The van der Waals surface area contributed by atoms with Crippen molar-refractivity contribution in [1.82, 2.24) is 5.43 Å². The fraction of sp³-hybridized carbons (Fsp3) is 0.467. The topological polar surface area (TPSA) is 41.5 Å². The molecule has 0 fully saturated rings. The predicted octanol–water partition coefficient (Wildman–Crippen LogP) is 3.60. The average molecular weight is 246 g/mol. The minimum atomic E-state index is -0.144. The van der Waals surface area contributed by atoms with E-state index in [4.69, 9.17) is 0 Å². The highest BCUT2D eigenvalue weighted by molar-refractivity contribution is 5.95. The SMILES string of the molecule is CCCCC(C)=NNC(=O)c1ccc(C)c(C)c1. The van der Waals surface area contributed by atoms with Gasteiger partial charge in [0, 0.05) is 11.3 Å². The molecule has 0 atom stereocenters. The molecule has 1 rings (SSSR count). The first-order chi connectivity index (χ1) is 8.54. The lowest BCUT2D eigenvalue weighted by atomic mass is 10.1. The molecule has 0 radical (unpaired) electrons. The summed E-state index contributed by atoms with van der Waals surface area (Å²) in [4.78, 5) is 11.9. The molecule has 0 unspecified atom stereocenters. The normalized spacial score (nSPS) is 11.4. The predicted molar refractivity (Wildman–Crippen MR) is 76.0 cm³/mol. The third-order valence-electron chi connectivity index (χ3n) is 3.01. The number of nitrogens with zero attached hydrogens (tertiary/aromatic N) is 1. The molecule has 98 valence electrons. The third-order valence-corrected chi connectivity index (χ3v) is 3.01. The molecule has 0 saturated carbocycles. The minimum absolute atomic E-state index is 0.144. The number of hydrogen-bond acceptors (Lipinski definition) is 2. The molecule has 0 aliphatic heterocycles. The van der Waals surface area contributed by atoms with Gasteiger partial charge in [0.1, 0.15) is 0 Å². The Labute approximate surface area is 109 Å². The van der Waals surface area contributed by atoms with E-state index in [-0.39, 0.29) is 5.91 Å². The zero-order valence-electron chi connectivity index (χ0n) is 11.7. The summed E-state index contributed by atoms with van der Waals surface area (Å²) < 4.78 is 0. The van der Waals surface area contributed by atoms with Crippen LogP contribution in [0.2, 0.25) is 0 Å². The largest absolute Gasteiger partial charge is 0.271 e. The van der Waals surface area contributed by atoms with Gasteiger partial charge in [-0.2, -0.15) is 5.10 Å². The standard InChI is InChI=1S/C15H22N2O/c1-5-6-7-13(4)16-17-15(18)14-9-8-11(2)12(3)10-14/h8-10H,5-7H2,1-4H3,(H,17,18). The number of carbonyl (C=O) groups is 1. The van der Waals surface area contributed by atoms with Gasteiger partial charge >= 0.3 is 0 Å². The first-order valence-corrected chi connectivity index (χ1v) is 6.45. The van der Waals surface area contributed by atoms with E-state index in [1.54, 1.807) is 0 Å². The molecule has 0 bridgehead atoms. The zero-order valence-corrected chi connectivity index (χ0v) is 11.7. The molecule has 0 aliphatic rings. The van der Waals surface area contributed by atoms with Crippen LogP contribution in [0.15, 0.2) is 23.3 Å². The van der Waals surface area contributed by atoms with Crippen molar-refractivity contribution in [2.45, 2.75) is 47.0 Å². The van der Waals surface area contributed by atoms with Crippen LogP contribution in [0.5, 0.6) is 0 Å². The molecule has 3 heteroatoms. The summed E-state index contributed by atoms with van der Waals surface area (Å²) in [6, 6.07) is 5.67. The zero-order chi connectivity index (χ0) is 13.5. The molecule has 1 N–H and O–H groups in total. The smallest absolute Gasteiger partial charge is 0.267 e. The van der Waals surface area contributed by atoms with Gasteiger partial charge in [-0.15, -0.1) is 0 Å². The van der Waals surface area contributed by atoms with Crippen LogP contribution in [0.25, 0.3) is 0 Å². The van der Waals surface area contributed by atoms with Gasteiger partial charge in [-0.25, -0.2) is 5.43 Å². The van der Waals surface area contributed by atoms with E-state index in [0.29, 0.717) is 5.56 Å². The molecule has 3 nitrogen and oxygen atoms in total. The van der Waals surface area contributed by atoms with Gasteiger partial charge in [-0.05, 0) is 56.9 Å². The van der Waals surface area contributed by atoms with E-state index in [1.165, 1.54) is 5.56 Å². The second-order valence-electron chi connectivity index (χ2n) is 4.69. The van der Waals surface area contributed by atoms with Crippen LogP contribution in [0, 0.1) is 13.8 Å². The summed E-state index contributed by atoms with van der Waals surface area (Å²) in [6.45, 7) is 8.11. The summed E-state index contributed by atoms with van der Waals surface area (Å²) in [5.41, 5.74) is 6.54. The Morgan fingerprint density at radius 1 is 1.28 bits per heavy atom. The maximum atomic E-state index is 11.9. The van der Waals surface area contributed by atoms with Crippen LogP contribution in [-0.2, 0) is 0 Å². The molecular weight excluding hydrogens is 224 g/mol. The van der Waals surface area contributed by atoms with E-state index < -0.39 is 0 Å². The Morgan fingerprint density at radius 2 is 2.00 bits per heavy atom. The second kappa shape index (κ2) is 6.94. The first kappa shape index (κ1) is 14.4. The lowest BCUT2D eigenvalue weighted by Gasteiger charge is -2.05. The van der Waals surface area contributed by atoms with Crippen molar-refractivity contribution in [3.8, 4) is 0 Å². The van der Waals surface area contributed by atoms with Crippen LogP contribution >= 0.6 is 0 Å². The number of aryl methyl sites for hydroxylation is 2. The number of hydrazone groups is 1. The summed E-state index contributed by atoms with van der Waals surface area (Å²) in [5.74, 6) is -0.144. The van der Waals surface area contributed by atoms with Crippen molar-refractivity contribution in [3.05, 3.63) is 34.9 Å². The second-order valence-corrected chi connectivity index (χ2v) is 4.69. The molecule has 0 spiro atoms. The van der Waals surface area contributed by atoms with Crippen molar-refractivity contribution >= 4 is 11.6 Å². The number of rotatable bonds is 5. The number of hydrogen-bond donors (Lipinski definition) is 1. The molecular formula is C15H22N2O. The van der Waals surface area contributed by atoms with E-state index in [0.717, 1.165) is 30.5 Å². The fourth-order valence-electron chi connectivity index (χ4n) is 1.58. The fourth-order valence-corrected chi connectivity index (χ4v) is 1.58. The van der Waals surface area contributed by atoms with Crippen molar-refractivity contribution < 1.29 is 4.79 Å². The van der Waals surface area contributed by atoms with Gasteiger partial charge in [-0.3, -0.25) is 4.79 Å². The van der Waals surface area contributed by atoms with Gasteiger partial charge in [0.05, 0.1) is 0 Å². The highest BCUT2D eigenvalue weighted by Gasteiger charge is 2.05. The number of amides is 1. The molecule has 0 saturated heterocycles. The Bertz CT molecular complexity index is 450. The summed E-state index contributed by atoms with van der Waals surface area (Å²) in [7, 11) is 0. The summed E-state index contributed by atoms with van der Waals surface area (Å²) in [5, 5.41) is 4.11. The molecule has 0 aliphatic carbocycles. The van der Waals surface area contributed by atoms with Crippen molar-refractivity contribution in [2.75, 3.05) is 0 Å². The maximum Gasteiger partial charge on any atom is 0.271 e. The average Bonchev–Trinajstić information content (AvgIpc) is 2.36. The maximum absolute atomic E-state index is 11.9. The van der Waals surface area contributed by atoms with Gasteiger partial charge in [0.25, 0.3) is 5.91 Å². The van der Waals surface area contributed by atoms with Gasteiger partial charge in [0.2, 0.25) is 0 Å². The number of benzene rings is 1. The molecule has 1 aromatic rings. The van der Waals surface area contributed by atoms with E-state index in [2.05, 4.69) is 17.5 Å². The Kier molecular flexibility index (Phi) is 5.56. The van der Waals surface area contributed by atoms with Crippen LogP contribution in [0.1, 0.15) is 54.6 Å². The summed E-state index contributed by atoms with van der Waals surface area (Å²) >= 11 is 0. The van der Waals surface area contributed by atoms with E-state index in [9.17, 15) is 4.79 Å². The molecule has 1 aromatic carbocycles. The monoisotopic (exact) mass is 246 g/mol. The molecule has 18 heavy (non-hydrogen) atoms. The molecule has 0 heterocycles. The van der Waals surface area contributed by atoms with Gasteiger partial charge < -0.3 is 0 Å². The Hall–Kier alpha value is -1.64. The van der Waals surface area contributed by atoms with Gasteiger partial charge in [0.15, 0.2) is 0 Å². The van der Waals surface area contributed by atoms with E-state index in [1.807, 2.05) is 39.0 Å². The highest BCUT2D eigenvalue weighted by atomic mass is 16.2. The highest BCUT2D eigenvalue weighted by Crippen LogP contribution is 2.09. The van der Waals surface area contributed by atoms with Crippen LogP contribution < -0.4 is 5.43 Å². The van der Waals surface area contributed by atoms with Crippen LogP contribution in [0.4, 0.5) is 0 Å².